The van der Waals surface area contributed by atoms with E-state index >= 15 is 0 Å². The van der Waals surface area contributed by atoms with E-state index in [-0.39, 0.29) is 24.3 Å². The summed E-state index contributed by atoms with van der Waals surface area (Å²) in [5.74, 6) is -2.83. The van der Waals surface area contributed by atoms with E-state index in [1.165, 1.54) is 11.0 Å². The summed E-state index contributed by atoms with van der Waals surface area (Å²) in [6.45, 7) is 12.8. The molecule has 5 amide bonds. The number of esters is 1. The molecular formula is C28H43N5O7. The maximum atomic E-state index is 13.8. The number of piperidine rings is 1. The molecule has 3 fully saturated rings. The molecule has 5 atom stereocenters. The quantitative estimate of drug-likeness (QED) is 0.145. The lowest BCUT2D eigenvalue weighted by Crippen LogP contribution is -2.61. The van der Waals surface area contributed by atoms with Gasteiger partial charge in [0, 0.05) is 13.1 Å². The van der Waals surface area contributed by atoms with Crippen LogP contribution in [0.5, 0.6) is 0 Å². The largest absolute Gasteiger partial charge is 0.464 e. The van der Waals surface area contributed by atoms with Gasteiger partial charge >= 0.3 is 12.0 Å². The van der Waals surface area contributed by atoms with Gasteiger partial charge in [-0.15, -0.1) is 6.58 Å². The fourth-order valence-corrected chi connectivity index (χ4v) is 4.84. The first-order chi connectivity index (χ1) is 18.7. The molecule has 1 aliphatic heterocycles. The van der Waals surface area contributed by atoms with Gasteiger partial charge in [-0.3, -0.25) is 19.2 Å². The lowest BCUT2D eigenvalue weighted by atomic mass is 9.85. The Hall–Kier alpha value is -3.44. The standard InChI is InChI=1S/C28H43N5O7/c1-7-10-29-23(35)19(34)12-30-24(36)21-18-11-17(18)13-33(21)25(37)22(28(4,5)6)32-27(39)31-20(15(2)3)26(38)40-14-16-8-9-16/h7,15-18,20-22H,1,8-14H2,2-6H3,(H,29,35)(H,30,36)(H2,31,32,39)/t17-,18-,20-,21-,22+/m0/s1. The molecule has 12 nitrogen and oxygen atoms in total. The molecule has 0 radical (unpaired) electrons. The van der Waals surface area contributed by atoms with Gasteiger partial charge in [0.15, 0.2) is 0 Å². The number of ether oxygens (including phenoxy) is 1. The van der Waals surface area contributed by atoms with Crippen LogP contribution in [0.3, 0.4) is 0 Å². The molecule has 40 heavy (non-hydrogen) atoms. The second kappa shape index (κ2) is 12.8. The van der Waals surface area contributed by atoms with E-state index in [2.05, 4.69) is 27.8 Å². The van der Waals surface area contributed by atoms with Crippen molar-refractivity contribution in [1.29, 1.82) is 0 Å². The van der Waals surface area contributed by atoms with Gasteiger partial charge in [0.05, 0.1) is 13.2 Å². The van der Waals surface area contributed by atoms with Gasteiger partial charge in [-0.05, 0) is 48.3 Å². The minimum absolute atomic E-state index is 0.0466. The summed E-state index contributed by atoms with van der Waals surface area (Å²) in [7, 11) is 0. The number of fused-ring (bicyclic) bond motifs is 1. The number of carbonyl (C=O) groups is 6. The molecule has 1 heterocycles. The van der Waals surface area contributed by atoms with Crippen LogP contribution in [-0.4, -0.2) is 84.8 Å². The number of urea groups is 1. The van der Waals surface area contributed by atoms with Gasteiger partial charge in [-0.2, -0.15) is 0 Å². The van der Waals surface area contributed by atoms with Crippen LogP contribution in [0.25, 0.3) is 0 Å². The number of Topliss-reactive ketones (excluding diaryl/α,β-unsaturated/α-hetero) is 1. The van der Waals surface area contributed by atoms with E-state index in [1.54, 1.807) is 34.6 Å². The van der Waals surface area contributed by atoms with E-state index < -0.39 is 65.6 Å². The minimum atomic E-state index is -0.998. The average Bonchev–Trinajstić information content (AvgIpc) is 3.82. The molecule has 2 saturated carbocycles. The first-order valence-corrected chi connectivity index (χ1v) is 14.0. The zero-order chi connectivity index (χ0) is 29.8. The molecule has 3 rings (SSSR count). The summed E-state index contributed by atoms with van der Waals surface area (Å²) in [5, 5.41) is 10.3. The highest BCUT2D eigenvalue weighted by Crippen LogP contribution is 2.50. The van der Waals surface area contributed by atoms with Crippen molar-refractivity contribution < 1.29 is 33.5 Å². The van der Waals surface area contributed by atoms with E-state index in [0.717, 1.165) is 19.3 Å². The molecule has 0 unspecified atom stereocenters. The molecule has 0 aromatic carbocycles. The fourth-order valence-electron chi connectivity index (χ4n) is 4.84. The topological polar surface area (TPSA) is 163 Å². The predicted molar refractivity (Wildman–Crippen MR) is 146 cm³/mol. The van der Waals surface area contributed by atoms with Gasteiger partial charge in [0.2, 0.25) is 17.6 Å². The van der Waals surface area contributed by atoms with Crippen molar-refractivity contribution in [1.82, 2.24) is 26.2 Å². The number of rotatable bonds is 13. The Kier molecular flexibility index (Phi) is 9.96. The Bertz CT molecular complexity index is 1030. The fraction of sp³-hybridized carbons (Fsp3) is 0.714. The lowest BCUT2D eigenvalue weighted by molar-refractivity contribution is -0.147. The Labute approximate surface area is 235 Å². The van der Waals surface area contributed by atoms with Gasteiger partial charge in [-0.1, -0.05) is 40.7 Å². The number of amides is 5. The molecule has 4 N–H and O–H groups in total. The number of nitrogens with one attached hydrogen (secondary N) is 4. The van der Waals surface area contributed by atoms with Gasteiger partial charge < -0.3 is 30.9 Å². The first-order valence-electron chi connectivity index (χ1n) is 14.0. The normalized spacial score (nSPS) is 22.9. The molecule has 2 aliphatic carbocycles. The van der Waals surface area contributed by atoms with Crippen molar-refractivity contribution in [2.24, 2.45) is 29.1 Å². The third-order valence-electron chi connectivity index (χ3n) is 7.54. The van der Waals surface area contributed by atoms with Gasteiger partial charge in [-0.25, -0.2) is 9.59 Å². The Morgan fingerprint density at radius 1 is 1.05 bits per heavy atom. The number of hydrogen-bond acceptors (Lipinski definition) is 7. The maximum Gasteiger partial charge on any atom is 0.328 e. The number of nitrogens with zero attached hydrogens (tertiary/aromatic N) is 1. The first kappa shape index (κ1) is 31.1. The van der Waals surface area contributed by atoms with Crippen LogP contribution in [0, 0.1) is 29.1 Å². The number of carbonyl (C=O) groups excluding carboxylic acids is 6. The molecule has 0 spiro atoms. The summed E-state index contributed by atoms with van der Waals surface area (Å²) in [4.78, 5) is 77.8. The van der Waals surface area contributed by atoms with Crippen molar-refractivity contribution in [3.63, 3.8) is 0 Å². The van der Waals surface area contributed by atoms with Crippen molar-refractivity contribution >= 4 is 35.5 Å². The van der Waals surface area contributed by atoms with E-state index in [9.17, 15) is 28.8 Å². The van der Waals surface area contributed by atoms with Crippen LogP contribution in [0.2, 0.25) is 0 Å². The molecule has 12 heteroatoms. The average molecular weight is 562 g/mol. The maximum absolute atomic E-state index is 13.8. The molecular weight excluding hydrogens is 518 g/mol. The third kappa shape index (κ3) is 8.04. The highest BCUT2D eigenvalue weighted by Gasteiger charge is 2.58. The number of hydrogen-bond donors (Lipinski definition) is 4. The Balaban J connectivity index is 1.64. The van der Waals surface area contributed by atoms with Crippen LogP contribution in [0.15, 0.2) is 12.7 Å². The van der Waals surface area contributed by atoms with Crippen LogP contribution in [-0.2, 0) is 28.7 Å². The summed E-state index contributed by atoms with van der Waals surface area (Å²) in [6.07, 6.45) is 4.27. The van der Waals surface area contributed by atoms with Crippen molar-refractivity contribution in [2.45, 2.75) is 72.0 Å². The molecule has 0 aromatic heterocycles. The van der Waals surface area contributed by atoms with Crippen LogP contribution in [0.4, 0.5) is 4.79 Å². The van der Waals surface area contributed by atoms with E-state index in [0.29, 0.717) is 19.1 Å². The zero-order valence-electron chi connectivity index (χ0n) is 24.1. The second-order valence-corrected chi connectivity index (χ2v) is 12.4. The van der Waals surface area contributed by atoms with Gasteiger partial charge in [0.25, 0.3) is 5.91 Å². The third-order valence-corrected chi connectivity index (χ3v) is 7.54. The lowest BCUT2D eigenvalue weighted by Gasteiger charge is -2.36. The van der Waals surface area contributed by atoms with Crippen molar-refractivity contribution in [3.8, 4) is 0 Å². The molecule has 1 saturated heterocycles. The summed E-state index contributed by atoms with van der Waals surface area (Å²) in [5.41, 5.74) is -0.721. The Morgan fingerprint density at radius 2 is 1.73 bits per heavy atom. The van der Waals surface area contributed by atoms with Gasteiger partial charge in [0.1, 0.15) is 18.1 Å². The van der Waals surface area contributed by atoms with Crippen molar-refractivity contribution in [3.05, 3.63) is 12.7 Å². The van der Waals surface area contributed by atoms with Crippen LogP contribution >= 0.6 is 0 Å². The summed E-state index contributed by atoms with van der Waals surface area (Å²) < 4.78 is 5.37. The summed E-state index contributed by atoms with van der Waals surface area (Å²) in [6, 6.07) is -3.37. The zero-order valence-corrected chi connectivity index (χ0v) is 24.1. The Morgan fingerprint density at radius 3 is 2.30 bits per heavy atom. The second-order valence-electron chi connectivity index (χ2n) is 12.4. The number of ketones is 1. The molecule has 0 aromatic rings. The molecule has 222 valence electrons. The van der Waals surface area contributed by atoms with Crippen LogP contribution < -0.4 is 21.3 Å². The van der Waals surface area contributed by atoms with Crippen molar-refractivity contribution in [2.75, 3.05) is 26.2 Å². The predicted octanol–water partition coefficient (Wildman–Crippen LogP) is 0.513. The minimum Gasteiger partial charge on any atom is -0.464 e. The smallest absolute Gasteiger partial charge is 0.328 e. The highest BCUT2D eigenvalue weighted by molar-refractivity contribution is 6.37. The molecule has 0 bridgehead atoms. The van der Waals surface area contributed by atoms with Crippen LogP contribution in [0.1, 0.15) is 53.9 Å². The van der Waals surface area contributed by atoms with E-state index in [4.69, 9.17) is 4.74 Å². The SMILES string of the molecule is C=CCNC(=O)C(=O)CNC(=O)[C@@H]1[C@H]2C[C@H]2CN1C(=O)[C@@H](NC(=O)N[C@H](C(=O)OCC1CC1)C(C)C)C(C)(C)C. The monoisotopic (exact) mass is 561 g/mol. The molecule has 3 aliphatic rings. The van der Waals surface area contributed by atoms with E-state index in [1.807, 2.05) is 0 Å². The number of likely N-dealkylation sites (tertiary alicyclic amines) is 1. The summed E-state index contributed by atoms with van der Waals surface area (Å²) >= 11 is 0. The highest BCUT2D eigenvalue weighted by atomic mass is 16.5.